The molecule has 3 nitrogen and oxygen atoms in total. The lowest BCUT2D eigenvalue weighted by atomic mass is 9.98. The maximum Gasteiger partial charge on any atom is 0.275 e. The SMILES string of the molecule is C[C@@H]1CCCC[NH+]1CC(=O)NC(c1ccccc1)c1ccccc1. The summed E-state index contributed by atoms with van der Waals surface area (Å²) in [6.45, 7) is 3.93. The molecule has 3 rings (SSSR count). The van der Waals surface area contributed by atoms with E-state index >= 15 is 0 Å². The number of carbonyl (C=O) groups excluding carboxylic acids is 1. The van der Waals surface area contributed by atoms with E-state index in [9.17, 15) is 4.79 Å². The maximum atomic E-state index is 12.7. The van der Waals surface area contributed by atoms with Gasteiger partial charge in [-0.3, -0.25) is 4.79 Å². The van der Waals surface area contributed by atoms with Gasteiger partial charge in [0.05, 0.1) is 18.6 Å². The van der Waals surface area contributed by atoms with Crippen LogP contribution in [0.4, 0.5) is 0 Å². The second-order valence-corrected chi connectivity index (χ2v) is 6.80. The average molecular weight is 323 g/mol. The normalized spacial score (nSPS) is 20.8. The third-order valence-corrected chi connectivity index (χ3v) is 5.04. The molecule has 1 aliphatic rings. The fourth-order valence-electron chi connectivity index (χ4n) is 3.58. The van der Waals surface area contributed by atoms with Crippen LogP contribution in [-0.4, -0.2) is 25.0 Å². The maximum absolute atomic E-state index is 12.7. The molecule has 1 amide bonds. The summed E-state index contributed by atoms with van der Waals surface area (Å²) < 4.78 is 0. The minimum Gasteiger partial charge on any atom is -0.340 e. The number of rotatable bonds is 5. The summed E-state index contributed by atoms with van der Waals surface area (Å²) in [5.41, 5.74) is 2.25. The molecule has 0 aromatic heterocycles. The van der Waals surface area contributed by atoms with Gasteiger partial charge >= 0.3 is 0 Å². The van der Waals surface area contributed by atoms with Crippen molar-refractivity contribution in [2.45, 2.75) is 38.3 Å². The molecule has 24 heavy (non-hydrogen) atoms. The van der Waals surface area contributed by atoms with Crippen LogP contribution in [0, 0.1) is 0 Å². The summed E-state index contributed by atoms with van der Waals surface area (Å²) in [7, 11) is 0. The van der Waals surface area contributed by atoms with E-state index in [1.165, 1.54) is 24.2 Å². The summed E-state index contributed by atoms with van der Waals surface area (Å²) in [4.78, 5) is 14.1. The molecule has 1 unspecified atom stereocenters. The molecule has 2 N–H and O–H groups in total. The first-order chi connectivity index (χ1) is 11.7. The molecule has 2 aromatic carbocycles. The second kappa shape index (κ2) is 8.11. The third kappa shape index (κ3) is 4.24. The highest BCUT2D eigenvalue weighted by atomic mass is 16.2. The van der Waals surface area contributed by atoms with Gasteiger partial charge in [-0.05, 0) is 37.3 Å². The van der Waals surface area contributed by atoms with E-state index in [0.717, 1.165) is 17.7 Å². The second-order valence-electron chi connectivity index (χ2n) is 6.80. The van der Waals surface area contributed by atoms with Gasteiger partial charge in [-0.2, -0.15) is 0 Å². The van der Waals surface area contributed by atoms with Crippen molar-refractivity contribution >= 4 is 5.91 Å². The number of likely N-dealkylation sites (tertiary alicyclic amines) is 1. The fraction of sp³-hybridized carbons (Fsp3) is 0.381. The molecular weight excluding hydrogens is 296 g/mol. The van der Waals surface area contributed by atoms with Crippen LogP contribution in [0.5, 0.6) is 0 Å². The van der Waals surface area contributed by atoms with Gasteiger partial charge in [-0.1, -0.05) is 60.7 Å². The third-order valence-electron chi connectivity index (χ3n) is 5.04. The van der Waals surface area contributed by atoms with Crippen molar-refractivity contribution in [3.63, 3.8) is 0 Å². The monoisotopic (exact) mass is 323 g/mol. The Labute approximate surface area is 144 Å². The zero-order chi connectivity index (χ0) is 16.8. The number of hydrogen-bond acceptors (Lipinski definition) is 1. The average Bonchev–Trinajstić information content (AvgIpc) is 2.63. The van der Waals surface area contributed by atoms with E-state index < -0.39 is 0 Å². The van der Waals surface area contributed by atoms with Crippen LogP contribution in [0.25, 0.3) is 0 Å². The molecule has 1 fully saturated rings. The molecule has 1 saturated heterocycles. The van der Waals surface area contributed by atoms with Crippen molar-refractivity contribution < 1.29 is 9.69 Å². The molecule has 0 saturated carbocycles. The van der Waals surface area contributed by atoms with Gasteiger partial charge in [0.15, 0.2) is 6.54 Å². The van der Waals surface area contributed by atoms with Crippen LogP contribution in [0.1, 0.15) is 43.4 Å². The number of amides is 1. The highest BCUT2D eigenvalue weighted by Gasteiger charge is 2.25. The van der Waals surface area contributed by atoms with E-state index in [0.29, 0.717) is 12.6 Å². The zero-order valence-electron chi connectivity index (χ0n) is 14.4. The highest BCUT2D eigenvalue weighted by Crippen LogP contribution is 2.21. The number of quaternary nitrogens is 1. The van der Waals surface area contributed by atoms with Crippen LogP contribution in [0.15, 0.2) is 60.7 Å². The molecule has 1 heterocycles. The van der Waals surface area contributed by atoms with Crippen molar-refractivity contribution in [3.8, 4) is 0 Å². The van der Waals surface area contributed by atoms with E-state index in [2.05, 4.69) is 36.5 Å². The van der Waals surface area contributed by atoms with E-state index in [4.69, 9.17) is 0 Å². The van der Waals surface area contributed by atoms with Gasteiger partial charge in [0.2, 0.25) is 0 Å². The standard InChI is InChI=1S/C21H26N2O/c1-17-10-8-9-15-23(17)16-20(24)22-21(18-11-4-2-5-12-18)19-13-6-3-7-14-19/h2-7,11-14,17,21H,8-10,15-16H2,1H3,(H,22,24)/p+1/t17-/m1/s1. The molecular formula is C21H27N2O+. The minimum atomic E-state index is -0.0839. The molecule has 2 aromatic rings. The van der Waals surface area contributed by atoms with Gasteiger partial charge in [-0.15, -0.1) is 0 Å². The van der Waals surface area contributed by atoms with Gasteiger partial charge in [0, 0.05) is 0 Å². The van der Waals surface area contributed by atoms with Gasteiger partial charge in [-0.25, -0.2) is 0 Å². The quantitative estimate of drug-likeness (QED) is 0.870. The van der Waals surface area contributed by atoms with Crippen molar-refractivity contribution in [2.24, 2.45) is 0 Å². The molecule has 0 bridgehead atoms. The van der Waals surface area contributed by atoms with Crippen molar-refractivity contribution in [3.05, 3.63) is 71.8 Å². The first-order valence-electron chi connectivity index (χ1n) is 8.98. The predicted molar refractivity (Wildman–Crippen MR) is 96.9 cm³/mol. The van der Waals surface area contributed by atoms with Gasteiger partial charge in [0.25, 0.3) is 5.91 Å². The lowest BCUT2D eigenvalue weighted by molar-refractivity contribution is -0.921. The summed E-state index contributed by atoms with van der Waals surface area (Å²) in [6, 6.07) is 20.9. The Hall–Kier alpha value is -2.13. The zero-order valence-corrected chi connectivity index (χ0v) is 14.4. The van der Waals surface area contributed by atoms with E-state index in [1.54, 1.807) is 0 Å². The van der Waals surface area contributed by atoms with Crippen LogP contribution in [0.2, 0.25) is 0 Å². The Morgan fingerprint density at radius 1 is 1.04 bits per heavy atom. The van der Waals surface area contributed by atoms with Crippen LogP contribution < -0.4 is 10.2 Å². The van der Waals surface area contributed by atoms with Crippen molar-refractivity contribution in [1.82, 2.24) is 5.32 Å². The number of benzene rings is 2. The highest BCUT2D eigenvalue weighted by molar-refractivity contribution is 5.78. The number of carbonyl (C=O) groups is 1. The number of piperidine rings is 1. The lowest BCUT2D eigenvalue weighted by Gasteiger charge is -2.30. The van der Waals surface area contributed by atoms with Crippen LogP contribution >= 0.6 is 0 Å². The first kappa shape index (κ1) is 16.7. The Bertz CT molecular complexity index is 602. The number of nitrogens with one attached hydrogen (secondary N) is 2. The summed E-state index contributed by atoms with van der Waals surface area (Å²) in [6.07, 6.45) is 3.75. The van der Waals surface area contributed by atoms with Gasteiger partial charge in [0.1, 0.15) is 0 Å². The predicted octanol–water partition coefficient (Wildman–Crippen LogP) is 2.35. The Morgan fingerprint density at radius 2 is 1.62 bits per heavy atom. The molecule has 126 valence electrons. The van der Waals surface area contributed by atoms with Crippen LogP contribution in [-0.2, 0) is 4.79 Å². The van der Waals surface area contributed by atoms with Crippen LogP contribution in [0.3, 0.4) is 0 Å². The largest absolute Gasteiger partial charge is 0.340 e. The van der Waals surface area contributed by atoms with Gasteiger partial charge < -0.3 is 10.2 Å². The van der Waals surface area contributed by atoms with Crippen molar-refractivity contribution in [2.75, 3.05) is 13.1 Å². The Morgan fingerprint density at radius 3 is 2.17 bits per heavy atom. The van der Waals surface area contributed by atoms with E-state index in [-0.39, 0.29) is 11.9 Å². The first-order valence-corrected chi connectivity index (χ1v) is 8.98. The smallest absolute Gasteiger partial charge is 0.275 e. The minimum absolute atomic E-state index is 0.0839. The molecule has 2 atom stereocenters. The summed E-state index contributed by atoms with van der Waals surface area (Å²) in [5, 5.41) is 3.26. The lowest BCUT2D eigenvalue weighted by Crippen LogP contribution is -3.17. The summed E-state index contributed by atoms with van der Waals surface area (Å²) >= 11 is 0. The Kier molecular flexibility index (Phi) is 5.65. The number of hydrogen-bond donors (Lipinski definition) is 2. The van der Waals surface area contributed by atoms with E-state index in [1.807, 2.05) is 36.4 Å². The molecule has 1 aliphatic heterocycles. The molecule has 0 spiro atoms. The summed E-state index contributed by atoms with van der Waals surface area (Å²) in [5.74, 6) is 0.136. The molecule has 3 heteroatoms. The topological polar surface area (TPSA) is 33.5 Å². The molecule has 0 radical (unpaired) electrons. The van der Waals surface area contributed by atoms with Crippen molar-refractivity contribution in [1.29, 1.82) is 0 Å². The molecule has 0 aliphatic carbocycles. The fourth-order valence-corrected chi connectivity index (χ4v) is 3.58. The Balaban J connectivity index is 1.73.